The van der Waals surface area contributed by atoms with Crippen molar-refractivity contribution in [1.29, 1.82) is 0 Å². The van der Waals surface area contributed by atoms with Crippen molar-refractivity contribution >= 4 is 24.0 Å². The maximum atomic E-state index is 12.4. The molecule has 1 amide bonds. The quantitative estimate of drug-likeness (QED) is 0.746. The first kappa shape index (κ1) is 21.9. The molecule has 2 atom stereocenters. The molecular formula is C19H23ClF2N2O2. The Kier molecular flexibility index (Phi) is 8.48. The van der Waals surface area contributed by atoms with Crippen LogP contribution in [-0.4, -0.2) is 18.9 Å². The third kappa shape index (κ3) is 5.97. The van der Waals surface area contributed by atoms with E-state index in [1.54, 1.807) is 26.0 Å². The molecule has 0 bridgehead atoms. The van der Waals surface area contributed by atoms with E-state index < -0.39 is 25.0 Å². The van der Waals surface area contributed by atoms with Gasteiger partial charge in [0.2, 0.25) is 5.91 Å². The summed E-state index contributed by atoms with van der Waals surface area (Å²) in [7, 11) is 0. The summed E-state index contributed by atoms with van der Waals surface area (Å²) in [6, 6.07) is 13.9. The van der Waals surface area contributed by atoms with Crippen LogP contribution in [0.3, 0.4) is 0 Å². The van der Waals surface area contributed by atoms with Gasteiger partial charge in [0.15, 0.2) is 0 Å². The van der Waals surface area contributed by atoms with E-state index in [4.69, 9.17) is 10.5 Å². The fourth-order valence-corrected chi connectivity index (χ4v) is 2.37. The van der Waals surface area contributed by atoms with E-state index in [2.05, 4.69) is 5.32 Å². The van der Waals surface area contributed by atoms with Crippen LogP contribution in [0.5, 0.6) is 5.75 Å². The first-order chi connectivity index (χ1) is 11.9. The number of alkyl halides is 2. The second kappa shape index (κ2) is 10.1. The number of halogens is 3. The number of hydrogen-bond donors (Lipinski definition) is 2. The Bertz CT molecular complexity index is 714. The van der Waals surface area contributed by atoms with Gasteiger partial charge in [-0.05, 0) is 24.1 Å². The molecule has 0 aliphatic heterocycles. The van der Waals surface area contributed by atoms with Gasteiger partial charge in [-0.25, -0.2) is 8.78 Å². The summed E-state index contributed by atoms with van der Waals surface area (Å²) in [4.78, 5) is 12.4. The van der Waals surface area contributed by atoms with Crippen LogP contribution in [0.1, 0.15) is 24.1 Å². The van der Waals surface area contributed by atoms with Gasteiger partial charge in [0, 0.05) is 17.8 Å². The molecule has 0 saturated heterocycles. The molecule has 2 rings (SSSR count). The molecule has 0 spiro atoms. The van der Waals surface area contributed by atoms with Crippen LogP contribution >= 0.6 is 12.4 Å². The predicted octanol–water partition coefficient (Wildman–Crippen LogP) is 4.34. The lowest BCUT2D eigenvalue weighted by Crippen LogP contribution is -2.30. The Morgan fingerprint density at radius 2 is 1.85 bits per heavy atom. The molecule has 0 saturated carbocycles. The van der Waals surface area contributed by atoms with E-state index >= 15 is 0 Å². The molecule has 0 aliphatic carbocycles. The van der Waals surface area contributed by atoms with Crippen molar-refractivity contribution < 1.29 is 18.3 Å². The predicted molar refractivity (Wildman–Crippen MR) is 101 cm³/mol. The molecule has 0 radical (unpaired) electrons. The van der Waals surface area contributed by atoms with Crippen molar-refractivity contribution in [3.63, 3.8) is 0 Å². The van der Waals surface area contributed by atoms with E-state index in [1.165, 1.54) is 6.07 Å². The Hall–Kier alpha value is -2.18. The van der Waals surface area contributed by atoms with E-state index in [1.807, 2.05) is 30.3 Å². The van der Waals surface area contributed by atoms with Crippen molar-refractivity contribution in [3.8, 4) is 5.75 Å². The smallest absolute Gasteiger partial charge is 0.272 e. The zero-order chi connectivity index (χ0) is 18.4. The number of hydrogen-bond acceptors (Lipinski definition) is 3. The van der Waals surface area contributed by atoms with Gasteiger partial charge in [-0.3, -0.25) is 4.79 Å². The molecule has 4 nitrogen and oxygen atoms in total. The van der Waals surface area contributed by atoms with Gasteiger partial charge < -0.3 is 15.8 Å². The summed E-state index contributed by atoms with van der Waals surface area (Å²) in [5, 5.41) is 2.76. The van der Waals surface area contributed by atoms with Crippen molar-refractivity contribution in [2.75, 3.05) is 11.9 Å². The number of carbonyl (C=O) groups is 1. The lowest BCUT2D eigenvalue weighted by atomic mass is 9.94. The highest BCUT2D eigenvalue weighted by Crippen LogP contribution is 2.25. The van der Waals surface area contributed by atoms with Crippen LogP contribution in [0.15, 0.2) is 48.5 Å². The second-order valence-electron chi connectivity index (χ2n) is 5.90. The molecule has 142 valence electrons. The summed E-state index contributed by atoms with van der Waals surface area (Å²) >= 11 is 0. The molecule has 26 heavy (non-hydrogen) atoms. The van der Waals surface area contributed by atoms with E-state index in [-0.39, 0.29) is 18.3 Å². The summed E-state index contributed by atoms with van der Waals surface area (Å²) in [6.45, 7) is 2.81. The van der Waals surface area contributed by atoms with Crippen LogP contribution in [0.2, 0.25) is 0 Å². The van der Waals surface area contributed by atoms with Crippen molar-refractivity contribution in [2.45, 2.75) is 26.3 Å². The molecule has 0 heterocycles. The highest BCUT2D eigenvalue weighted by atomic mass is 35.5. The van der Waals surface area contributed by atoms with Gasteiger partial charge in [-0.2, -0.15) is 0 Å². The zero-order valence-electron chi connectivity index (χ0n) is 14.6. The second-order valence-corrected chi connectivity index (χ2v) is 5.90. The number of carbonyl (C=O) groups excluding carboxylic acids is 1. The topological polar surface area (TPSA) is 64.4 Å². The molecule has 3 N–H and O–H groups in total. The maximum absolute atomic E-state index is 12.4. The van der Waals surface area contributed by atoms with Crippen LogP contribution in [0.4, 0.5) is 14.5 Å². The summed E-state index contributed by atoms with van der Waals surface area (Å²) in [6.07, 6.45) is -2.55. The number of aryl methyl sites for hydroxylation is 1. The van der Waals surface area contributed by atoms with E-state index in [0.29, 0.717) is 17.0 Å². The molecule has 2 aromatic rings. The van der Waals surface area contributed by atoms with E-state index in [9.17, 15) is 13.6 Å². The largest absolute Gasteiger partial charge is 0.487 e. The minimum Gasteiger partial charge on any atom is -0.487 e. The van der Waals surface area contributed by atoms with Gasteiger partial charge in [-0.1, -0.05) is 43.3 Å². The Labute approximate surface area is 158 Å². The number of rotatable bonds is 7. The first-order valence-corrected chi connectivity index (χ1v) is 8.01. The average Bonchev–Trinajstić information content (AvgIpc) is 2.61. The number of nitrogens with two attached hydrogens (primary N) is 1. The zero-order valence-corrected chi connectivity index (χ0v) is 15.4. The Balaban J connectivity index is 0.00000338. The third-order valence-electron chi connectivity index (χ3n) is 3.96. The lowest BCUT2D eigenvalue weighted by molar-refractivity contribution is -0.120. The fraction of sp³-hybridized carbons (Fsp3) is 0.316. The molecule has 0 aromatic heterocycles. The molecular weight excluding hydrogens is 362 g/mol. The van der Waals surface area contributed by atoms with Gasteiger partial charge >= 0.3 is 0 Å². The number of anilines is 1. The highest BCUT2D eigenvalue weighted by Gasteiger charge is 2.22. The minimum atomic E-state index is -2.55. The first-order valence-electron chi connectivity index (χ1n) is 8.01. The number of nitrogens with one attached hydrogen (secondary N) is 1. The van der Waals surface area contributed by atoms with Crippen molar-refractivity contribution in [3.05, 3.63) is 59.7 Å². The van der Waals surface area contributed by atoms with Crippen LogP contribution in [0.25, 0.3) is 0 Å². The molecule has 2 aromatic carbocycles. The molecule has 0 aliphatic rings. The molecule has 7 heteroatoms. The normalized spacial score (nSPS) is 12.8. The summed E-state index contributed by atoms with van der Waals surface area (Å²) in [5.41, 5.74) is 8.22. The number of benzene rings is 2. The monoisotopic (exact) mass is 384 g/mol. The van der Waals surface area contributed by atoms with Crippen molar-refractivity contribution in [1.82, 2.24) is 0 Å². The number of ether oxygens (including phenoxy) is 1. The van der Waals surface area contributed by atoms with E-state index in [0.717, 1.165) is 5.56 Å². The highest BCUT2D eigenvalue weighted by molar-refractivity contribution is 5.93. The standard InChI is InChI=1S/C19H22F2N2O2.ClH/c1-12-8-9-15(10-16(12)25-11-17(20)21)23-19(24)13(2)18(22)14-6-4-3-5-7-14;/h3-10,13,17-18H,11,22H2,1-2H3,(H,23,24);1H. The van der Waals surface area contributed by atoms with Crippen LogP contribution in [0, 0.1) is 12.8 Å². The van der Waals surface area contributed by atoms with Crippen molar-refractivity contribution in [2.24, 2.45) is 11.7 Å². The Morgan fingerprint density at radius 3 is 2.46 bits per heavy atom. The third-order valence-corrected chi connectivity index (χ3v) is 3.96. The van der Waals surface area contributed by atoms with Crippen LogP contribution < -0.4 is 15.8 Å². The summed E-state index contributed by atoms with van der Waals surface area (Å²) in [5.74, 6) is -0.396. The SMILES string of the molecule is Cc1ccc(NC(=O)C(C)C(N)c2ccccc2)cc1OCC(F)F.Cl. The fourth-order valence-electron chi connectivity index (χ4n) is 2.37. The van der Waals surface area contributed by atoms with Gasteiger partial charge in [-0.15, -0.1) is 12.4 Å². The molecule has 2 unspecified atom stereocenters. The average molecular weight is 385 g/mol. The maximum Gasteiger partial charge on any atom is 0.272 e. The van der Waals surface area contributed by atoms with Crippen LogP contribution in [-0.2, 0) is 4.79 Å². The summed E-state index contributed by atoms with van der Waals surface area (Å²) < 4.78 is 29.7. The van der Waals surface area contributed by atoms with Gasteiger partial charge in [0.1, 0.15) is 12.4 Å². The Morgan fingerprint density at radius 1 is 1.19 bits per heavy atom. The number of amides is 1. The van der Waals surface area contributed by atoms with Gasteiger partial charge in [0.05, 0.1) is 5.92 Å². The van der Waals surface area contributed by atoms with Gasteiger partial charge in [0.25, 0.3) is 6.43 Å². The molecule has 0 fully saturated rings. The minimum absolute atomic E-state index is 0. The lowest BCUT2D eigenvalue weighted by Gasteiger charge is -2.20.